The van der Waals surface area contributed by atoms with Crippen molar-refractivity contribution in [2.24, 2.45) is 0 Å². The number of benzene rings is 1. The first-order valence-electron chi connectivity index (χ1n) is 9.30. The van der Waals surface area contributed by atoms with Gasteiger partial charge in [0, 0.05) is 18.8 Å². The number of allylic oxidation sites excluding steroid dienone is 4. The summed E-state index contributed by atoms with van der Waals surface area (Å²) in [5.74, 6) is 2.10. The number of ether oxygens (including phenoxy) is 1. The van der Waals surface area contributed by atoms with Crippen molar-refractivity contribution in [3.05, 3.63) is 84.6 Å². The van der Waals surface area contributed by atoms with Crippen LogP contribution in [0.3, 0.4) is 0 Å². The number of hydrogen-bond acceptors (Lipinski definition) is 6. The zero-order chi connectivity index (χ0) is 19.8. The van der Waals surface area contributed by atoms with Gasteiger partial charge in [-0.15, -0.1) is 0 Å². The monoisotopic (exact) mass is 375 g/mol. The van der Waals surface area contributed by atoms with E-state index in [1.807, 2.05) is 49.4 Å². The lowest BCUT2D eigenvalue weighted by molar-refractivity contribution is 0.443. The highest BCUT2D eigenvalue weighted by molar-refractivity contribution is 6.14. The van der Waals surface area contributed by atoms with Crippen LogP contribution in [0.15, 0.2) is 79.0 Å². The third-order valence-electron chi connectivity index (χ3n) is 4.42. The van der Waals surface area contributed by atoms with Crippen molar-refractivity contribution < 1.29 is 4.74 Å². The molecule has 1 saturated heterocycles. The molecule has 144 valence electrons. The van der Waals surface area contributed by atoms with Gasteiger partial charge in [0.1, 0.15) is 23.7 Å². The molecular weight excluding hydrogens is 350 g/mol. The molecule has 1 aliphatic heterocycles. The number of hydrogen-bond donors (Lipinski definition) is 3. The van der Waals surface area contributed by atoms with Crippen LogP contribution < -0.4 is 15.4 Å². The number of para-hydroxylation sites is 1. The standard InChI is InChI=1S/C22H25N5O/c1-3-18(28-19-7-5-4-6-8-19)10-9-16(2)21(23)20-14-25-15-26-22(20)27-17-11-12-24-13-17/h3-10,14-15,17,23-24H,2,11-13H2,1H3,(H,25,26,27)/b10-9-,18-3+,23-21?/t17-/m1/s1. The van der Waals surface area contributed by atoms with E-state index in [-0.39, 0.29) is 5.71 Å². The maximum Gasteiger partial charge on any atom is 0.139 e. The van der Waals surface area contributed by atoms with Crippen LogP contribution in [0.4, 0.5) is 5.82 Å². The highest BCUT2D eigenvalue weighted by Gasteiger charge is 2.18. The van der Waals surface area contributed by atoms with Crippen LogP contribution in [0.1, 0.15) is 18.9 Å². The molecule has 1 fully saturated rings. The number of aromatic nitrogens is 2. The Labute approximate surface area is 165 Å². The zero-order valence-corrected chi connectivity index (χ0v) is 16.0. The SMILES string of the molecule is C=C(/C=C\C(=C/C)Oc1ccccc1)C(=N)c1cncnc1N[C@@H]1CCNC1. The minimum atomic E-state index is 0.278. The molecule has 0 spiro atoms. The summed E-state index contributed by atoms with van der Waals surface area (Å²) in [5, 5.41) is 15.2. The van der Waals surface area contributed by atoms with Gasteiger partial charge in [0.2, 0.25) is 0 Å². The van der Waals surface area contributed by atoms with E-state index in [1.54, 1.807) is 12.3 Å². The van der Waals surface area contributed by atoms with Crippen molar-refractivity contribution in [1.82, 2.24) is 15.3 Å². The molecule has 1 aliphatic rings. The Balaban J connectivity index is 1.68. The van der Waals surface area contributed by atoms with Gasteiger partial charge in [-0.1, -0.05) is 24.8 Å². The predicted octanol–water partition coefficient (Wildman–Crippen LogP) is 3.71. The Hall–Kier alpha value is -3.25. The summed E-state index contributed by atoms with van der Waals surface area (Å²) in [6.45, 7) is 7.80. The van der Waals surface area contributed by atoms with Crippen molar-refractivity contribution in [3.8, 4) is 5.75 Å². The Bertz CT molecular complexity index is 883. The van der Waals surface area contributed by atoms with Gasteiger partial charge in [-0.2, -0.15) is 0 Å². The highest BCUT2D eigenvalue weighted by atomic mass is 16.5. The fourth-order valence-electron chi connectivity index (χ4n) is 2.85. The van der Waals surface area contributed by atoms with E-state index in [0.29, 0.717) is 28.8 Å². The van der Waals surface area contributed by atoms with Crippen LogP contribution in [0.25, 0.3) is 0 Å². The molecule has 1 aromatic heterocycles. The molecular formula is C22H25N5O. The Morgan fingerprint density at radius 3 is 2.86 bits per heavy atom. The van der Waals surface area contributed by atoms with Gasteiger partial charge in [0.15, 0.2) is 0 Å². The molecule has 0 saturated carbocycles. The molecule has 0 amide bonds. The predicted molar refractivity (Wildman–Crippen MR) is 113 cm³/mol. The van der Waals surface area contributed by atoms with Gasteiger partial charge in [0.25, 0.3) is 0 Å². The fraction of sp³-hybridized carbons (Fsp3) is 0.227. The van der Waals surface area contributed by atoms with Crippen molar-refractivity contribution in [1.29, 1.82) is 5.41 Å². The number of nitrogens with one attached hydrogen (secondary N) is 3. The topological polar surface area (TPSA) is 82.9 Å². The smallest absolute Gasteiger partial charge is 0.139 e. The van der Waals surface area contributed by atoms with Gasteiger partial charge in [0.05, 0.1) is 11.3 Å². The van der Waals surface area contributed by atoms with E-state index >= 15 is 0 Å². The molecule has 0 unspecified atom stereocenters. The second-order valence-electron chi connectivity index (χ2n) is 6.46. The molecule has 6 heteroatoms. The van der Waals surface area contributed by atoms with Crippen molar-refractivity contribution in [2.45, 2.75) is 19.4 Å². The maximum absolute atomic E-state index is 8.53. The average Bonchev–Trinajstić information content (AvgIpc) is 3.24. The third-order valence-corrected chi connectivity index (χ3v) is 4.42. The van der Waals surface area contributed by atoms with E-state index in [9.17, 15) is 0 Å². The highest BCUT2D eigenvalue weighted by Crippen LogP contribution is 2.19. The second kappa shape index (κ2) is 9.62. The average molecular weight is 375 g/mol. The summed E-state index contributed by atoms with van der Waals surface area (Å²) in [6.07, 6.45) is 9.61. The molecule has 1 aromatic carbocycles. The number of anilines is 1. The minimum Gasteiger partial charge on any atom is -0.458 e. The van der Waals surface area contributed by atoms with Gasteiger partial charge in [-0.3, -0.25) is 5.41 Å². The maximum atomic E-state index is 8.53. The molecule has 0 radical (unpaired) electrons. The molecule has 1 atom stereocenters. The number of rotatable bonds is 8. The van der Waals surface area contributed by atoms with Crippen LogP contribution in [-0.2, 0) is 0 Å². The van der Waals surface area contributed by atoms with Gasteiger partial charge in [-0.05, 0) is 55.8 Å². The first-order chi connectivity index (χ1) is 13.7. The van der Waals surface area contributed by atoms with Crippen LogP contribution >= 0.6 is 0 Å². The minimum absolute atomic E-state index is 0.278. The van der Waals surface area contributed by atoms with E-state index in [2.05, 4.69) is 27.2 Å². The van der Waals surface area contributed by atoms with Gasteiger partial charge >= 0.3 is 0 Å². The molecule has 2 heterocycles. The van der Waals surface area contributed by atoms with Gasteiger partial charge < -0.3 is 15.4 Å². The Morgan fingerprint density at radius 2 is 2.14 bits per heavy atom. The molecule has 3 rings (SSSR count). The Morgan fingerprint density at radius 1 is 1.32 bits per heavy atom. The summed E-state index contributed by atoms with van der Waals surface area (Å²) in [5.41, 5.74) is 1.47. The fourth-order valence-corrected chi connectivity index (χ4v) is 2.85. The lowest BCUT2D eigenvalue weighted by Gasteiger charge is -2.15. The van der Waals surface area contributed by atoms with Crippen LogP contribution in [0.5, 0.6) is 5.75 Å². The van der Waals surface area contributed by atoms with Crippen molar-refractivity contribution >= 4 is 11.5 Å². The molecule has 2 aromatic rings. The van der Waals surface area contributed by atoms with E-state index < -0.39 is 0 Å². The van der Waals surface area contributed by atoms with E-state index in [1.165, 1.54) is 6.33 Å². The van der Waals surface area contributed by atoms with E-state index in [4.69, 9.17) is 10.1 Å². The molecule has 28 heavy (non-hydrogen) atoms. The first kappa shape index (κ1) is 19.5. The van der Waals surface area contributed by atoms with Crippen molar-refractivity contribution in [3.63, 3.8) is 0 Å². The van der Waals surface area contributed by atoms with Crippen LogP contribution in [0, 0.1) is 5.41 Å². The largest absolute Gasteiger partial charge is 0.458 e. The molecule has 0 aliphatic carbocycles. The summed E-state index contributed by atoms with van der Waals surface area (Å²) in [6, 6.07) is 9.88. The summed E-state index contributed by atoms with van der Waals surface area (Å²) < 4.78 is 5.83. The summed E-state index contributed by atoms with van der Waals surface area (Å²) in [4.78, 5) is 8.40. The normalized spacial score (nSPS) is 16.9. The molecule has 6 nitrogen and oxygen atoms in total. The lowest BCUT2D eigenvalue weighted by atomic mass is 10.0. The van der Waals surface area contributed by atoms with Crippen molar-refractivity contribution in [2.75, 3.05) is 18.4 Å². The van der Waals surface area contributed by atoms with E-state index in [0.717, 1.165) is 25.3 Å². The number of nitrogens with zero attached hydrogens (tertiary/aromatic N) is 2. The molecule has 3 N–H and O–H groups in total. The third kappa shape index (κ3) is 5.14. The first-order valence-corrected chi connectivity index (χ1v) is 9.30. The summed E-state index contributed by atoms with van der Waals surface area (Å²) >= 11 is 0. The molecule has 0 bridgehead atoms. The summed E-state index contributed by atoms with van der Waals surface area (Å²) in [7, 11) is 0. The Kier molecular flexibility index (Phi) is 6.70. The second-order valence-corrected chi connectivity index (χ2v) is 6.46. The van der Waals surface area contributed by atoms with Gasteiger partial charge in [-0.25, -0.2) is 9.97 Å². The van der Waals surface area contributed by atoms with Crippen LogP contribution in [0.2, 0.25) is 0 Å². The zero-order valence-electron chi connectivity index (χ0n) is 16.0. The lowest BCUT2D eigenvalue weighted by Crippen LogP contribution is -2.24. The van der Waals surface area contributed by atoms with Crippen LogP contribution in [-0.4, -0.2) is 34.8 Å². The quantitative estimate of drug-likeness (QED) is 0.372.